The number of halogens is 1. The first-order valence-corrected chi connectivity index (χ1v) is 5.81. The second-order valence-corrected chi connectivity index (χ2v) is 4.87. The van der Waals surface area contributed by atoms with Crippen molar-refractivity contribution in [2.45, 2.75) is 12.2 Å². The maximum absolute atomic E-state index is 12.5. The molecule has 0 heterocycles. The molecule has 15 heavy (non-hydrogen) atoms. The smallest absolute Gasteiger partial charge is 0.323 e. The maximum Gasteiger partial charge on any atom is 0.344 e. The van der Waals surface area contributed by atoms with E-state index in [9.17, 15) is 8.96 Å². The summed E-state index contributed by atoms with van der Waals surface area (Å²) in [7, 11) is -4.41. The van der Waals surface area contributed by atoms with Crippen LogP contribution in [0.3, 0.4) is 0 Å². The molecule has 1 aromatic carbocycles. The molecule has 4 N–H and O–H groups in total. The Labute approximate surface area is 85.7 Å². The predicted octanol–water partition coefficient (Wildman–Crippen LogP) is 0.851. The van der Waals surface area contributed by atoms with E-state index in [1.807, 2.05) is 0 Å². The highest BCUT2D eigenvalue weighted by Gasteiger charge is 2.28. The first-order chi connectivity index (χ1) is 6.93. The van der Waals surface area contributed by atoms with E-state index in [-0.39, 0.29) is 6.42 Å². The number of hydrogen-bond donors (Lipinski definition) is 4. The van der Waals surface area contributed by atoms with Gasteiger partial charge >= 0.3 is 7.60 Å². The maximum atomic E-state index is 12.5. The lowest BCUT2D eigenvalue weighted by molar-refractivity contribution is 0.141. The van der Waals surface area contributed by atoms with Crippen LogP contribution in [0.15, 0.2) is 24.3 Å². The summed E-state index contributed by atoms with van der Waals surface area (Å²) in [5.74, 6) is -1.80. The summed E-state index contributed by atoms with van der Waals surface area (Å²) in [5, 5.41) is 8.56. The third-order valence-corrected chi connectivity index (χ3v) is 3.01. The van der Waals surface area contributed by atoms with Gasteiger partial charge < -0.3 is 15.0 Å². The van der Waals surface area contributed by atoms with Gasteiger partial charge in [0.1, 0.15) is 11.6 Å². The Balaban J connectivity index is 2.76. The molecule has 1 unspecified atom stereocenters. The van der Waals surface area contributed by atoms with Crippen LogP contribution in [0, 0.1) is 5.82 Å². The summed E-state index contributed by atoms with van der Waals surface area (Å²) in [6, 6.07) is 5.16. The summed E-state index contributed by atoms with van der Waals surface area (Å²) >= 11 is 0. The molecule has 0 saturated heterocycles. The van der Waals surface area contributed by atoms with Crippen molar-refractivity contribution in [3.63, 3.8) is 0 Å². The Morgan fingerprint density at radius 2 is 1.87 bits per heavy atom. The molecule has 0 amide bonds. The summed E-state index contributed by atoms with van der Waals surface area (Å²) in [6.07, 6.45) is -0.0823. The number of benzene rings is 1. The number of hydroxylamine groups is 1. The van der Waals surface area contributed by atoms with Gasteiger partial charge in [-0.3, -0.25) is 4.57 Å². The molecule has 5 nitrogen and oxygen atoms in total. The Hall–Kier alpha value is -0.780. The highest BCUT2D eigenvalue weighted by molar-refractivity contribution is 7.52. The van der Waals surface area contributed by atoms with E-state index < -0.39 is 19.2 Å². The molecular weight excluding hydrogens is 224 g/mol. The fourth-order valence-corrected chi connectivity index (χ4v) is 1.68. The second-order valence-electron chi connectivity index (χ2n) is 3.06. The molecule has 0 aliphatic heterocycles. The minimum Gasteiger partial charge on any atom is -0.323 e. The number of rotatable bonds is 4. The van der Waals surface area contributed by atoms with Crippen molar-refractivity contribution in [1.29, 1.82) is 0 Å². The van der Waals surface area contributed by atoms with Crippen LogP contribution in [0.5, 0.6) is 0 Å². The minimum absolute atomic E-state index is 0.0823. The molecule has 1 rings (SSSR count). The average molecular weight is 235 g/mol. The molecule has 1 aromatic rings. The highest BCUT2D eigenvalue weighted by atomic mass is 31.2. The third kappa shape index (κ3) is 3.70. The molecule has 0 bridgehead atoms. The topological polar surface area (TPSA) is 89.8 Å². The molecule has 7 heteroatoms. The quantitative estimate of drug-likeness (QED) is 0.459. The van der Waals surface area contributed by atoms with Crippen molar-refractivity contribution in [2.24, 2.45) is 0 Å². The molecule has 1 atom stereocenters. The molecular formula is C8H11FNO4P. The first-order valence-electron chi connectivity index (χ1n) is 4.13. The molecule has 84 valence electrons. The van der Waals surface area contributed by atoms with Gasteiger partial charge in [-0.25, -0.2) is 4.39 Å². The van der Waals surface area contributed by atoms with Crippen molar-refractivity contribution in [3.05, 3.63) is 35.6 Å². The fourth-order valence-electron chi connectivity index (χ4n) is 1.08. The van der Waals surface area contributed by atoms with E-state index >= 15 is 0 Å². The molecule has 0 aliphatic carbocycles. The third-order valence-electron chi connectivity index (χ3n) is 1.90. The molecule has 0 aromatic heterocycles. The minimum atomic E-state index is -4.41. The van der Waals surface area contributed by atoms with E-state index in [0.29, 0.717) is 5.56 Å². The molecule has 0 radical (unpaired) electrons. The predicted molar refractivity (Wildman–Crippen MR) is 50.9 cm³/mol. The van der Waals surface area contributed by atoms with Gasteiger partial charge in [-0.15, -0.1) is 0 Å². The standard InChI is InChI=1S/C8H11FNO4P/c9-7-3-1-6(2-4-7)5-8(10-11)15(12,13)14/h1-4,8,10-11H,5H2,(H2,12,13,14). The van der Waals surface area contributed by atoms with Gasteiger partial charge in [0.2, 0.25) is 0 Å². The van der Waals surface area contributed by atoms with E-state index in [4.69, 9.17) is 15.0 Å². The van der Waals surface area contributed by atoms with E-state index in [2.05, 4.69) is 0 Å². The van der Waals surface area contributed by atoms with Crippen LogP contribution in [0.1, 0.15) is 5.56 Å². The van der Waals surface area contributed by atoms with Crippen molar-refractivity contribution < 1.29 is 23.9 Å². The van der Waals surface area contributed by atoms with Gasteiger partial charge in [0.25, 0.3) is 0 Å². The van der Waals surface area contributed by atoms with Crippen molar-refractivity contribution in [2.75, 3.05) is 0 Å². The zero-order valence-electron chi connectivity index (χ0n) is 7.67. The van der Waals surface area contributed by atoms with Crippen LogP contribution in [-0.2, 0) is 11.0 Å². The molecule has 0 aliphatic rings. The number of hydrogen-bond acceptors (Lipinski definition) is 3. The van der Waals surface area contributed by atoms with Crippen LogP contribution < -0.4 is 5.48 Å². The van der Waals surface area contributed by atoms with Gasteiger partial charge in [-0.05, 0) is 17.7 Å². The fraction of sp³-hybridized carbons (Fsp3) is 0.250. The van der Waals surface area contributed by atoms with Crippen molar-refractivity contribution in [1.82, 2.24) is 5.48 Å². The first kappa shape index (κ1) is 12.3. The Morgan fingerprint density at radius 3 is 2.27 bits per heavy atom. The lowest BCUT2D eigenvalue weighted by atomic mass is 10.1. The molecule has 0 fully saturated rings. The Kier molecular flexibility index (Phi) is 3.96. The van der Waals surface area contributed by atoms with Gasteiger partial charge in [0.15, 0.2) is 0 Å². The van der Waals surface area contributed by atoms with Crippen LogP contribution >= 0.6 is 7.60 Å². The van der Waals surface area contributed by atoms with Gasteiger partial charge in [-0.1, -0.05) is 12.1 Å². The van der Waals surface area contributed by atoms with E-state index in [1.54, 1.807) is 5.48 Å². The summed E-state index contributed by atoms with van der Waals surface area (Å²) in [4.78, 5) is 17.6. The van der Waals surface area contributed by atoms with E-state index in [0.717, 1.165) is 0 Å². The summed E-state index contributed by atoms with van der Waals surface area (Å²) in [5.41, 5.74) is 2.07. The zero-order valence-corrected chi connectivity index (χ0v) is 8.56. The van der Waals surface area contributed by atoms with Crippen LogP contribution in [-0.4, -0.2) is 20.8 Å². The van der Waals surface area contributed by atoms with Crippen LogP contribution in [0.25, 0.3) is 0 Å². The monoisotopic (exact) mass is 235 g/mol. The Bertz CT molecular complexity index is 363. The summed E-state index contributed by atoms with van der Waals surface area (Å²) < 4.78 is 23.4. The normalized spacial score (nSPS) is 13.9. The molecule has 0 spiro atoms. The zero-order chi connectivity index (χ0) is 11.5. The Morgan fingerprint density at radius 1 is 1.33 bits per heavy atom. The van der Waals surface area contributed by atoms with Gasteiger partial charge in [0.05, 0.1) is 0 Å². The molecule has 0 saturated carbocycles. The average Bonchev–Trinajstić information content (AvgIpc) is 2.15. The van der Waals surface area contributed by atoms with Gasteiger partial charge in [-0.2, -0.15) is 5.48 Å². The number of nitrogens with one attached hydrogen (secondary N) is 1. The second kappa shape index (κ2) is 4.83. The lowest BCUT2D eigenvalue weighted by Crippen LogP contribution is -2.27. The van der Waals surface area contributed by atoms with Crippen LogP contribution in [0.4, 0.5) is 4.39 Å². The van der Waals surface area contributed by atoms with E-state index in [1.165, 1.54) is 24.3 Å². The summed E-state index contributed by atoms with van der Waals surface area (Å²) in [6.45, 7) is 0. The lowest BCUT2D eigenvalue weighted by Gasteiger charge is -2.16. The largest absolute Gasteiger partial charge is 0.344 e. The van der Waals surface area contributed by atoms with Crippen molar-refractivity contribution >= 4 is 7.60 Å². The van der Waals surface area contributed by atoms with Crippen molar-refractivity contribution in [3.8, 4) is 0 Å². The SMILES string of the molecule is O=P(O)(O)C(Cc1ccc(F)cc1)NO. The van der Waals surface area contributed by atoms with Crippen LogP contribution in [0.2, 0.25) is 0 Å². The van der Waals surface area contributed by atoms with Gasteiger partial charge in [0, 0.05) is 6.42 Å². The highest BCUT2D eigenvalue weighted by Crippen LogP contribution is 2.40.